The molecule has 0 aliphatic carbocycles. The van der Waals surface area contributed by atoms with E-state index in [1.54, 1.807) is 36.5 Å². The summed E-state index contributed by atoms with van der Waals surface area (Å²) < 4.78 is 0. The number of hydrogen-bond donors (Lipinski definition) is 1. The number of rotatable bonds is 4. The maximum atomic E-state index is 12.8. The Hall–Kier alpha value is -2.83. The lowest BCUT2D eigenvalue weighted by Crippen LogP contribution is -2.50. The van der Waals surface area contributed by atoms with Crippen LogP contribution < -0.4 is 4.90 Å². The van der Waals surface area contributed by atoms with Crippen LogP contribution in [0.5, 0.6) is 0 Å². The predicted molar refractivity (Wildman–Crippen MR) is 100 cm³/mol. The normalized spacial score (nSPS) is 17.0. The molecule has 138 valence electrons. The van der Waals surface area contributed by atoms with Crippen LogP contribution in [0, 0.1) is 0 Å². The molecule has 0 radical (unpaired) electrons. The van der Waals surface area contributed by atoms with Gasteiger partial charge in [0.05, 0.1) is 5.56 Å². The van der Waals surface area contributed by atoms with Gasteiger partial charge in [0.1, 0.15) is 11.5 Å². The Balaban J connectivity index is 1.67. The number of carbonyl (C=O) groups excluding carboxylic acids is 2. The number of hydrogen-bond acceptors (Lipinski definition) is 4. The van der Waals surface area contributed by atoms with E-state index in [0.717, 1.165) is 25.2 Å². The number of aromatic amines is 1. The summed E-state index contributed by atoms with van der Waals surface area (Å²) in [4.78, 5) is 38.1. The van der Waals surface area contributed by atoms with Gasteiger partial charge in [-0.3, -0.25) is 9.59 Å². The molecule has 3 rings (SSSR count). The molecule has 1 aliphatic heterocycles. The summed E-state index contributed by atoms with van der Waals surface area (Å²) in [7, 11) is 5.62. The van der Waals surface area contributed by atoms with Crippen molar-refractivity contribution in [3.05, 3.63) is 47.9 Å². The maximum Gasteiger partial charge on any atom is 0.270 e. The number of anilines is 1. The van der Waals surface area contributed by atoms with Crippen LogP contribution in [0.3, 0.4) is 0 Å². The summed E-state index contributed by atoms with van der Waals surface area (Å²) in [5.74, 6) is 0.726. The summed E-state index contributed by atoms with van der Waals surface area (Å²) in [6, 6.07) is 7.23. The van der Waals surface area contributed by atoms with E-state index in [1.165, 1.54) is 0 Å². The Morgan fingerprint density at radius 2 is 2.04 bits per heavy atom. The Labute approximate surface area is 153 Å². The van der Waals surface area contributed by atoms with Crippen LogP contribution in [0.15, 0.2) is 36.7 Å². The van der Waals surface area contributed by atoms with Gasteiger partial charge >= 0.3 is 0 Å². The van der Waals surface area contributed by atoms with E-state index in [1.807, 2.05) is 36.0 Å². The molecule has 2 amide bonds. The van der Waals surface area contributed by atoms with Crippen LogP contribution >= 0.6 is 0 Å². The predicted octanol–water partition coefficient (Wildman–Crippen LogP) is 1.85. The zero-order valence-corrected chi connectivity index (χ0v) is 15.5. The SMILES string of the molecule is CN(C)c1ccc(C(=O)N(C)C2CCCN(C(=O)c3ccc[nH]3)C2)cn1. The minimum absolute atomic E-state index is 0.00341. The molecule has 1 unspecified atom stereocenters. The second kappa shape index (κ2) is 7.59. The van der Waals surface area contributed by atoms with Crippen molar-refractivity contribution in [1.29, 1.82) is 0 Å². The first-order valence-corrected chi connectivity index (χ1v) is 8.80. The summed E-state index contributed by atoms with van der Waals surface area (Å²) in [6.07, 6.45) is 5.13. The molecule has 7 heteroatoms. The molecule has 1 aliphatic rings. The van der Waals surface area contributed by atoms with Gasteiger partial charge in [0.2, 0.25) is 0 Å². The van der Waals surface area contributed by atoms with Crippen LogP contribution in [-0.2, 0) is 0 Å². The highest BCUT2D eigenvalue weighted by Crippen LogP contribution is 2.19. The summed E-state index contributed by atoms with van der Waals surface area (Å²) in [5.41, 5.74) is 1.15. The second-order valence-electron chi connectivity index (χ2n) is 6.85. The topological polar surface area (TPSA) is 72.5 Å². The number of piperidine rings is 1. The summed E-state index contributed by atoms with van der Waals surface area (Å²) in [6.45, 7) is 1.26. The number of nitrogens with zero attached hydrogens (tertiary/aromatic N) is 4. The van der Waals surface area contributed by atoms with Gasteiger partial charge in [-0.15, -0.1) is 0 Å². The quantitative estimate of drug-likeness (QED) is 0.908. The van der Waals surface area contributed by atoms with E-state index in [4.69, 9.17) is 0 Å². The fourth-order valence-electron chi connectivity index (χ4n) is 3.24. The molecule has 2 aromatic rings. The van der Waals surface area contributed by atoms with Gasteiger partial charge in [-0.25, -0.2) is 4.98 Å². The number of likely N-dealkylation sites (N-methyl/N-ethyl adjacent to an activating group) is 1. The molecule has 1 N–H and O–H groups in total. The number of pyridine rings is 1. The van der Waals surface area contributed by atoms with Crippen LogP contribution in [0.4, 0.5) is 5.82 Å². The van der Waals surface area contributed by atoms with Gasteiger partial charge in [-0.2, -0.15) is 0 Å². The third-order valence-electron chi connectivity index (χ3n) is 4.83. The smallest absolute Gasteiger partial charge is 0.270 e. The molecule has 0 spiro atoms. The van der Waals surface area contributed by atoms with E-state index in [-0.39, 0.29) is 17.9 Å². The third-order valence-corrected chi connectivity index (χ3v) is 4.83. The van der Waals surface area contributed by atoms with Crippen molar-refractivity contribution in [3.63, 3.8) is 0 Å². The van der Waals surface area contributed by atoms with Crippen molar-refractivity contribution in [3.8, 4) is 0 Å². The number of likely N-dealkylation sites (tertiary alicyclic amines) is 1. The lowest BCUT2D eigenvalue weighted by atomic mass is 10.0. The van der Waals surface area contributed by atoms with Crippen LogP contribution in [-0.4, -0.2) is 71.9 Å². The Bertz CT molecular complexity index is 755. The number of H-pyrrole nitrogens is 1. The van der Waals surface area contributed by atoms with Gasteiger partial charge in [-0.1, -0.05) is 0 Å². The highest BCUT2D eigenvalue weighted by atomic mass is 16.2. The van der Waals surface area contributed by atoms with Gasteiger partial charge in [0.25, 0.3) is 11.8 Å². The van der Waals surface area contributed by atoms with Gasteiger partial charge < -0.3 is 19.7 Å². The summed E-state index contributed by atoms with van der Waals surface area (Å²) in [5, 5.41) is 0. The zero-order chi connectivity index (χ0) is 18.7. The van der Waals surface area contributed by atoms with Crippen LogP contribution in [0.1, 0.15) is 33.7 Å². The Morgan fingerprint density at radius 3 is 2.65 bits per heavy atom. The van der Waals surface area contributed by atoms with Gasteiger partial charge in [-0.05, 0) is 37.1 Å². The average Bonchev–Trinajstić information content (AvgIpc) is 3.21. The first-order valence-electron chi connectivity index (χ1n) is 8.80. The van der Waals surface area contributed by atoms with E-state index < -0.39 is 0 Å². The maximum absolute atomic E-state index is 12.8. The van der Waals surface area contributed by atoms with Crippen molar-refractivity contribution >= 4 is 17.6 Å². The average molecular weight is 355 g/mol. The van der Waals surface area contributed by atoms with E-state index in [0.29, 0.717) is 17.8 Å². The molecular weight excluding hydrogens is 330 g/mol. The second-order valence-corrected chi connectivity index (χ2v) is 6.85. The fraction of sp³-hybridized carbons (Fsp3) is 0.421. The Kier molecular flexibility index (Phi) is 5.25. The van der Waals surface area contributed by atoms with Crippen molar-refractivity contribution in [2.24, 2.45) is 0 Å². The minimum Gasteiger partial charge on any atom is -0.363 e. The lowest BCUT2D eigenvalue weighted by molar-refractivity contribution is 0.0518. The van der Waals surface area contributed by atoms with E-state index >= 15 is 0 Å². The van der Waals surface area contributed by atoms with E-state index in [2.05, 4.69) is 9.97 Å². The molecule has 1 saturated heterocycles. The molecule has 2 aromatic heterocycles. The standard InChI is InChI=1S/C19H25N5O2/c1-22(2)17-9-8-14(12-21-17)18(25)23(3)15-6-5-11-24(13-15)19(26)16-7-4-10-20-16/h4,7-10,12,15,20H,5-6,11,13H2,1-3H3. The number of nitrogens with one attached hydrogen (secondary N) is 1. The van der Waals surface area contributed by atoms with Crippen molar-refractivity contribution in [1.82, 2.24) is 19.8 Å². The molecule has 26 heavy (non-hydrogen) atoms. The molecule has 0 aromatic carbocycles. The molecule has 7 nitrogen and oxygen atoms in total. The lowest BCUT2D eigenvalue weighted by Gasteiger charge is -2.37. The molecule has 3 heterocycles. The van der Waals surface area contributed by atoms with Gasteiger partial charge in [0.15, 0.2) is 0 Å². The molecular formula is C19H25N5O2. The molecule has 1 atom stereocenters. The van der Waals surface area contributed by atoms with Crippen LogP contribution in [0.2, 0.25) is 0 Å². The minimum atomic E-state index is -0.0676. The molecule has 0 saturated carbocycles. The number of carbonyl (C=O) groups is 2. The monoisotopic (exact) mass is 355 g/mol. The highest BCUT2D eigenvalue weighted by Gasteiger charge is 2.29. The first kappa shape index (κ1) is 18.0. The number of amides is 2. The highest BCUT2D eigenvalue weighted by molar-refractivity contribution is 5.94. The zero-order valence-electron chi connectivity index (χ0n) is 15.5. The molecule has 1 fully saturated rings. The van der Waals surface area contributed by atoms with Gasteiger partial charge in [0, 0.05) is 52.7 Å². The van der Waals surface area contributed by atoms with Crippen molar-refractivity contribution in [2.45, 2.75) is 18.9 Å². The van der Waals surface area contributed by atoms with Crippen LogP contribution in [0.25, 0.3) is 0 Å². The Morgan fingerprint density at radius 1 is 1.23 bits per heavy atom. The van der Waals surface area contributed by atoms with Crippen molar-refractivity contribution in [2.75, 3.05) is 39.1 Å². The molecule has 0 bridgehead atoms. The van der Waals surface area contributed by atoms with Crippen molar-refractivity contribution < 1.29 is 9.59 Å². The number of aromatic nitrogens is 2. The largest absolute Gasteiger partial charge is 0.363 e. The fourth-order valence-corrected chi connectivity index (χ4v) is 3.24. The summed E-state index contributed by atoms with van der Waals surface area (Å²) >= 11 is 0. The third kappa shape index (κ3) is 3.71. The van der Waals surface area contributed by atoms with E-state index in [9.17, 15) is 9.59 Å². The first-order chi connectivity index (χ1) is 12.5.